The molecule has 0 aromatic heterocycles. The lowest BCUT2D eigenvalue weighted by molar-refractivity contribution is -0.119. The molecule has 2 nitrogen and oxygen atoms in total. The quantitative estimate of drug-likeness (QED) is 0.814. The summed E-state index contributed by atoms with van der Waals surface area (Å²) < 4.78 is 0. The SMILES string of the molecule is CC.CC(=O)NCC1CCc2ccccc21. The van der Waals surface area contributed by atoms with Crippen LogP contribution >= 0.6 is 0 Å². The maximum absolute atomic E-state index is 10.8. The zero-order valence-corrected chi connectivity index (χ0v) is 10.4. The van der Waals surface area contributed by atoms with E-state index in [0.717, 1.165) is 13.0 Å². The number of amides is 1. The molecule has 16 heavy (non-hydrogen) atoms. The zero-order chi connectivity index (χ0) is 12.0. The number of rotatable bonds is 2. The molecular formula is C14H21NO. The van der Waals surface area contributed by atoms with E-state index in [2.05, 4.69) is 29.6 Å². The molecule has 1 aromatic rings. The summed E-state index contributed by atoms with van der Waals surface area (Å²) in [6.07, 6.45) is 2.32. The number of aryl methyl sites for hydroxylation is 1. The first-order valence-electron chi connectivity index (χ1n) is 6.09. The van der Waals surface area contributed by atoms with Crippen LogP contribution in [-0.4, -0.2) is 12.5 Å². The molecule has 88 valence electrons. The van der Waals surface area contributed by atoms with Gasteiger partial charge in [0.1, 0.15) is 0 Å². The van der Waals surface area contributed by atoms with Gasteiger partial charge < -0.3 is 5.32 Å². The number of benzene rings is 1. The van der Waals surface area contributed by atoms with E-state index in [4.69, 9.17) is 0 Å². The van der Waals surface area contributed by atoms with Gasteiger partial charge in [-0.2, -0.15) is 0 Å². The molecule has 0 saturated heterocycles. The summed E-state index contributed by atoms with van der Waals surface area (Å²) in [6, 6.07) is 8.52. The Morgan fingerprint density at radius 3 is 2.75 bits per heavy atom. The highest BCUT2D eigenvalue weighted by atomic mass is 16.1. The van der Waals surface area contributed by atoms with E-state index in [1.165, 1.54) is 17.5 Å². The Hall–Kier alpha value is -1.31. The Kier molecular flexibility index (Phi) is 5.03. The molecule has 1 N–H and O–H groups in total. The fraction of sp³-hybridized carbons (Fsp3) is 0.500. The zero-order valence-electron chi connectivity index (χ0n) is 10.4. The van der Waals surface area contributed by atoms with Gasteiger partial charge in [-0.3, -0.25) is 4.79 Å². The smallest absolute Gasteiger partial charge is 0.216 e. The first-order valence-corrected chi connectivity index (χ1v) is 6.09. The highest BCUT2D eigenvalue weighted by Crippen LogP contribution is 2.31. The van der Waals surface area contributed by atoms with Crippen LogP contribution in [0.3, 0.4) is 0 Å². The highest BCUT2D eigenvalue weighted by Gasteiger charge is 2.21. The van der Waals surface area contributed by atoms with Gasteiger partial charge in [-0.05, 0) is 24.0 Å². The summed E-state index contributed by atoms with van der Waals surface area (Å²) in [5.41, 5.74) is 2.86. The van der Waals surface area contributed by atoms with Gasteiger partial charge in [-0.25, -0.2) is 0 Å². The van der Waals surface area contributed by atoms with Gasteiger partial charge in [0.25, 0.3) is 0 Å². The molecule has 1 aliphatic carbocycles. The summed E-state index contributed by atoms with van der Waals surface area (Å²) in [4.78, 5) is 10.8. The minimum absolute atomic E-state index is 0.0642. The normalized spacial score (nSPS) is 17.1. The molecule has 1 aromatic carbocycles. The average molecular weight is 219 g/mol. The number of nitrogens with one attached hydrogen (secondary N) is 1. The van der Waals surface area contributed by atoms with Crippen molar-refractivity contribution in [1.29, 1.82) is 0 Å². The van der Waals surface area contributed by atoms with Crippen LogP contribution in [0, 0.1) is 0 Å². The Morgan fingerprint density at radius 2 is 2.06 bits per heavy atom. The third-order valence-corrected chi connectivity index (χ3v) is 2.85. The second-order valence-corrected chi connectivity index (χ2v) is 3.87. The van der Waals surface area contributed by atoms with Crippen LogP contribution in [0.25, 0.3) is 0 Å². The van der Waals surface area contributed by atoms with E-state index in [1.54, 1.807) is 6.92 Å². The van der Waals surface area contributed by atoms with E-state index >= 15 is 0 Å². The average Bonchev–Trinajstić information content (AvgIpc) is 2.72. The first kappa shape index (κ1) is 12.8. The van der Waals surface area contributed by atoms with Gasteiger partial charge in [-0.15, -0.1) is 0 Å². The van der Waals surface area contributed by atoms with Gasteiger partial charge in [0.15, 0.2) is 0 Å². The van der Waals surface area contributed by atoms with E-state index in [1.807, 2.05) is 13.8 Å². The predicted molar refractivity (Wildman–Crippen MR) is 67.5 cm³/mol. The summed E-state index contributed by atoms with van der Waals surface area (Å²) in [7, 11) is 0. The summed E-state index contributed by atoms with van der Waals surface area (Å²) in [5, 5.41) is 2.89. The molecule has 1 amide bonds. The minimum atomic E-state index is 0.0642. The third-order valence-electron chi connectivity index (χ3n) is 2.85. The van der Waals surface area contributed by atoms with Crippen LogP contribution in [0.4, 0.5) is 0 Å². The summed E-state index contributed by atoms with van der Waals surface area (Å²) >= 11 is 0. The van der Waals surface area contributed by atoms with E-state index in [0.29, 0.717) is 5.92 Å². The van der Waals surface area contributed by atoms with Crippen molar-refractivity contribution in [2.75, 3.05) is 6.54 Å². The molecule has 2 rings (SSSR count). The van der Waals surface area contributed by atoms with Crippen molar-refractivity contribution in [3.63, 3.8) is 0 Å². The van der Waals surface area contributed by atoms with Crippen LogP contribution in [0.2, 0.25) is 0 Å². The number of carbonyl (C=O) groups excluding carboxylic acids is 1. The van der Waals surface area contributed by atoms with Crippen molar-refractivity contribution in [2.24, 2.45) is 0 Å². The molecule has 2 heteroatoms. The summed E-state index contributed by atoms with van der Waals surface area (Å²) in [5.74, 6) is 0.587. The van der Waals surface area contributed by atoms with Gasteiger partial charge in [0.2, 0.25) is 5.91 Å². The molecular weight excluding hydrogens is 198 g/mol. The maximum atomic E-state index is 10.8. The molecule has 1 unspecified atom stereocenters. The predicted octanol–water partition coefficient (Wildman–Crippen LogP) is 2.88. The second-order valence-electron chi connectivity index (χ2n) is 3.87. The number of hydrogen-bond donors (Lipinski definition) is 1. The fourth-order valence-electron chi connectivity index (χ4n) is 2.12. The molecule has 0 fully saturated rings. The van der Waals surface area contributed by atoms with Crippen molar-refractivity contribution in [2.45, 2.75) is 39.5 Å². The third kappa shape index (κ3) is 3.09. The lowest BCUT2D eigenvalue weighted by atomic mass is 10.0. The maximum Gasteiger partial charge on any atom is 0.216 e. The molecule has 0 heterocycles. The standard InChI is InChI=1S/C12H15NO.C2H6/c1-9(14)13-8-11-7-6-10-4-2-3-5-12(10)11;1-2/h2-5,11H,6-8H2,1H3,(H,13,14);1-2H3. The van der Waals surface area contributed by atoms with Crippen LogP contribution in [0.15, 0.2) is 24.3 Å². The van der Waals surface area contributed by atoms with Gasteiger partial charge in [-0.1, -0.05) is 38.1 Å². The minimum Gasteiger partial charge on any atom is -0.356 e. The Morgan fingerprint density at radius 1 is 1.38 bits per heavy atom. The first-order chi connectivity index (χ1) is 7.77. The monoisotopic (exact) mass is 219 g/mol. The van der Waals surface area contributed by atoms with Crippen molar-refractivity contribution >= 4 is 5.91 Å². The molecule has 0 spiro atoms. The molecule has 1 atom stereocenters. The largest absolute Gasteiger partial charge is 0.356 e. The fourth-order valence-corrected chi connectivity index (χ4v) is 2.12. The van der Waals surface area contributed by atoms with E-state index in [9.17, 15) is 4.79 Å². The summed E-state index contributed by atoms with van der Waals surface area (Å²) in [6.45, 7) is 6.35. The van der Waals surface area contributed by atoms with Gasteiger partial charge in [0.05, 0.1) is 0 Å². The number of hydrogen-bond acceptors (Lipinski definition) is 1. The Bertz CT molecular complexity index is 346. The molecule has 0 radical (unpaired) electrons. The van der Waals surface area contributed by atoms with Crippen molar-refractivity contribution in [3.8, 4) is 0 Å². The lowest BCUT2D eigenvalue weighted by Crippen LogP contribution is -2.24. The van der Waals surface area contributed by atoms with Crippen LogP contribution in [0.1, 0.15) is 44.2 Å². The van der Waals surface area contributed by atoms with E-state index in [-0.39, 0.29) is 5.91 Å². The Balaban J connectivity index is 0.000000606. The topological polar surface area (TPSA) is 29.1 Å². The lowest BCUT2D eigenvalue weighted by Gasteiger charge is -2.11. The number of carbonyl (C=O) groups is 1. The Labute approximate surface area is 98.1 Å². The highest BCUT2D eigenvalue weighted by molar-refractivity contribution is 5.72. The molecule has 0 aliphatic heterocycles. The van der Waals surface area contributed by atoms with Gasteiger partial charge >= 0.3 is 0 Å². The van der Waals surface area contributed by atoms with Crippen LogP contribution < -0.4 is 5.32 Å². The van der Waals surface area contributed by atoms with Crippen molar-refractivity contribution in [1.82, 2.24) is 5.32 Å². The van der Waals surface area contributed by atoms with E-state index < -0.39 is 0 Å². The van der Waals surface area contributed by atoms with Crippen LogP contribution in [-0.2, 0) is 11.2 Å². The molecule has 0 saturated carbocycles. The van der Waals surface area contributed by atoms with Gasteiger partial charge in [0, 0.05) is 19.4 Å². The van der Waals surface area contributed by atoms with Crippen molar-refractivity contribution in [3.05, 3.63) is 35.4 Å². The molecule has 1 aliphatic rings. The molecule has 0 bridgehead atoms. The number of fused-ring (bicyclic) bond motifs is 1. The second kappa shape index (κ2) is 6.31. The van der Waals surface area contributed by atoms with Crippen LogP contribution in [0.5, 0.6) is 0 Å². The van der Waals surface area contributed by atoms with Crippen molar-refractivity contribution < 1.29 is 4.79 Å².